The molecule has 0 fully saturated rings. The van der Waals surface area contributed by atoms with Crippen molar-refractivity contribution in [2.45, 2.75) is 6.92 Å². The molecule has 0 bridgehead atoms. The first-order valence-electron chi connectivity index (χ1n) is 7.30. The Morgan fingerprint density at radius 2 is 1.65 bits per heavy atom. The van der Waals surface area contributed by atoms with Crippen LogP contribution in [0.3, 0.4) is 0 Å². The summed E-state index contributed by atoms with van der Waals surface area (Å²) in [6, 6.07) is 19.7. The second-order valence-electron chi connectivity index (χ2n) is 5.14. The number of hydrazone groups is 1. The molecule has 1 aromatic heterocycles. The number of hydrogen-bond acceptors (Lipinski definition) is 3. The molecule has 0 amide bonds. The number of halogens is 1. The highest BCUT2D eigenvalue weighted by Gasteiger charge is 2.13. The van der Waals surface area contributed by atoms with E-state index in [1.807, 2.05) is 74.6 Å². The monoisotopic (exact) mass is 324 g/mol. The Labute approximate surface area is 140 Å². The number of aromatic nitrogens is 2. The molecule has 23 heavy (non-hydrogen) atoms. The van der Waals surface area contributed by atoms with Crippen molar-refractivity contribution >= 4 is 23.5 Å². The minimum Gasteiger partial charge on any atom is -0.269 e. The third kappa shape index (κ3) is 3.27. The summed E-state index contributed by atoms with van der Waals surface area (Å²) in [6.07, 6.45) is 1.75. The van der Waals surface area contributed by atoms with Gasteiger partial charge in [0.2, 0.25) is 0 Å². The van der Waals surface area contributed by atoms with Crippen LogP contribution in [0.1, 0.15) is 11.3 Å². The summed E-state index contributed by atoms with van der Waals surface area (Å²) in [5, 5.41) is 11.3. The summed E-state index contributed by atoms with van der Waals surface area (Å²) < 4.78 is 1.72. The van der Waals surface area contributed by atoms with Crippen LogP contribution in [0, 0.1) is 6.92 Å². The van der Waals surface area contributed by atoms with Crippen LogP contribution in [-0.2, 0) is 0 Å². The Bertz CT molecular complexity index is 810. The summed E-state index contributed by atoms with van der Waals surface area (Å²) in [6.45, 7) is 1.93. The molecule has 1 heterocycles. The third-order valence-electron chi connectivity index (χ3n) is 3.54. The molecular weight excluding hydrogens is 308 g/mol. The SMILES string of the molecule is Cc1nn(-c2ccccc2)c(Cl)c1/C=N/N(C)c1ccccc1. The largest absolute Gasteiger partial charge is 0.269 e. The fourth-order valence-corrected chi connectivity index (χ4v) is 2.57. The minimum atomic E-state index is 0.555. The van der Waals surface area contributed by atoms with Crippen molar-refractivity contribution in [1.29, 1.82) is 0 Å². The predicted molar refractivity (Wildman–Crippen MR) is 95.8 cm³/mol. The van der Waals surface area contributed by atoms with Crippen molar-refractivity contribution in [2.24, 2.45) is 5.10 Å². The lowest BCUT2D eigenvalue weighted by Gasteiger charge is -2.11. The Kier molecular flexibility index (Phi) is 4.44. The van der Waals surface area contributed by atoms with Gasteiger partial charge in [-0.25, -0.2) is 4.68 Å². The molecule has 5 heteroatoms. The van der Waals surface area contributed by atoms with Gasteiger partial charge in [0, 0.05) is 7.05 Å². The summed E-state index contributed by atoms with van der Waals surface area (Å²) in [7, 11) is 1.90. The van der Waals surface area contributed by atoms with Crippen LogP contribution < -0.4 is 5.01 Å². The summed E-state index contributed by atoms with van der Waals surface area (Å²) in [5.74, 6) is 0. The molecule has 0 spiro atoms. The van der Waals surface area contributed by atoms with E-state index in [4.69, 9.17) is 11.6 Å². The zero-order chi connectivity index (χ0) is 16.2. The molecule has 0 unspecified atom stereocenters. The highest BCUT2D eigenvalue weighted by molar-refractivity contribution is 6.32. The first kappa shape index (κ1) is 15.3. The molecule has 0 aliphatic carbocycles. The first-order valence-corrected chi connectivity index (χ1v) is 7.68. The van der Waals surface area contributed by atoms with Gasteiger partial charge in [-0.3, -0.25) is 5.01 Å². The fourth-order valence-electron chi connectivity index (χ4n) is 2.25. The highest BCUT2D eigenvalue weighted by Crippen LogP contribution is 2.22. The molecule has 0 aliphatic rings. The van der Waals surface area contributed by atoms with Gasteiger partial charge >= 0.3 is 0 Å². The lowest BCUT2D eigenvalue weighted by Crippen LogP contribution is -2.08. The zero-order valence-corrected chi connectivity index (χ0v) is 13.8. The standard InChI is InChI=1S/C18H17ClN4/c1-14-17(13-20-22(2)15-9-5-3-6-10-15)18(19)23(21-14)16-11-7-4-8-12-16/h3-13H,1-2H3/b20-13+. The van der Waals surface area contributed by atoms with Crippen LogP contribution in [0.25, 0.3) is 5.69 Å². The highest BCUT2D eigenvalue weighted by atomic mass is 35.5. The van der Waals surface area contributed by atoms with E-state index in [2.05, 4.69) is 10.2 Å². The van der Waals surface area contributed by atoms with Gasteiger partial charge in [-0.2, -0.15) is 10.2 Å². The molecule has 0 atom stereocenters. The van der Waals surface area contributed by atoms with Gasteiger partial charge in [-0.05, 0) is 31.2 Å². The lowest BCUT2D eigenvalue weighted by atomic mass is 10.3. The summed E-state index contributed by atoms with van der Waals surface area (Å²) in [5.41, 5.74) is 3.59. The molecule has 3 rings (SSSR count). The van der Waals surface area contributed by atoms with Gasteiger partial charge < -0.3 is 0 Å². The smallest absolute Gasteiger partial charge is 0.142 e. The molecule has 3 aromatic rings. The number of rotatable bonds is 4. The number of hydrogen-bond donors (Lipinski definition) is 0. The molecule has 116 valence electrons. The molecular formula is C18H17ClN4. The van der Waals surface area contributed by atoms with Gasteiger partial charge in [-0.1, -0.05) is 48.0 Å². The summed E-state index contributed by atoms with van der Waals surface area (Å²) >= 11 is 6.48. The van der Waals surface area contributed by atoms with E-state index in [1.54, 1.807) is 15.9 Å². The second-order valence-corrected chi connectivity index (χ2v) is 5.50. The van der Waals surface area contributed by atoms with Crippen molar-refractivity contribution in [3.05, 3.63) is 77.1 Å². The molecule has 2 aromatic carbocycles. The topological polar surface area (TPSA) is 33.4 Å². The van der Waals surface area contributed by atoms with Crippen molar-refractivity contribution in [1.82, 2.24) is 9.78 Å². The maximum absolute atomic E-state index is 6.48. The molecule has 0 saturated heterocycles. The lowest BCUT2D eigenvalue weighted by molar-refractivity contribution is 0.863. The Balaban J connectivity index is 1.89. The van der Waals surface area contributed by atoms with Crippen molar-refractivity contribution < 1.29 is 0 Å². The number of aryl methyl sites for hydroxylation is 1. The average Bonchev–Trinajstić information content (AvgIpc) is 2.88. The van der Waals surface area contributed by atoms with Gasteiger partial charge in [0.25, 0.3) is 0 Å². The van der Waals surface area contributed by atoms with Crippen LogP contribution in [0.15, 0.2) is 65.8 Å². The maximum Gasteiger partial charge on any atom is 0.142 e. The van der Waals surface area contributed by atoms with Crippen LogP contribution in [-0.4, -0.2) is 23.0 Å². The average molecular weight is 325 g/mol. The Morgan fingerprint density at radius 3 is 2.30 bits per heavy atom. The van der Waals surface area contributed by atoms with Gasteiger partial charge in [0.05, 0.1) is 28.8 Å². The van der Waals surface area contributed by atoms with Crippen molar-refractivity contribution in [3.8, 4) is 5.69 Å². The number of para-hydroxylation sites is 2. The summed E-state index contributed by atoms with van der Waals surface area (Å²) in [4.78, 5) is 0. The van der Waals surface area contributed by atoms with E-state index in [-0.39, 0.29) is 0 Å². The predicted octanol–water partition coefficient (Wildman–Crippen LogP) is 4.30. The normalized spacial score (nSPS) is 11.1. The van der Waals surface area contributed by atoms with E-state index in [0.29, 0.717) is 5.15 Å². The Hall–Kier alpha value is -2.59. The maximum atomic E-state index is 6.48. The van der Waals surface area contributed by atoms with E-state index >= 15 is 0 Å². The van der Waals surface area contributed by atoms with Crippen LogP contribution >= 0.6 is 11.6 Å². The van der Waals surface area contributed by atoms with E-state index < -0.39 is 0 Å². The molecule has 0 radical (unpaired) electrons. The molecule has 4 nitrogen and oxygen atoms in total. The molecule has 0 saturated carbocycles. The van der Waals surface area contributed by atoms with Crippen molar-refractivity contribution in [3.63, 3.8) is 0 Å². The van der Waals surface area contributed by atoms with E-state index in [9.17, 15) is 0 Å². The van der Waals surface area contributed by atoms with Crippen LogP contribution in [0.5, 0.6) is 0 Å². The van der Waals surface area contributed by atoms with E-state index in [0.717, 1.165) is 22.6 Å². The van der Waals surface area contributed by atoms with Crippen LogP contribution in [0.2, 0.25) is 5.15 Å². The molecule has 0 aliphatic heterocycles. The fraction of sp³-hybridized carbons (Fsp3) is 0.111. The number of anilines is 1. The van der Waals surface area contributed by atoms with E-state index in [1.165, 1.54) is 0 Å². The molecule has 0 N–H and O–H groups in total. The first-order chi connectivity index (χ1) is 11.2. The Morgan fingerprint density at radius 1 is 1.04 bits per heavy atom. The number of nitrogens with zero attached hydrogens (tertiary/aromatic N) is 4. The van der Waals surface area contributed by atoms with Gasteiger partial charge in [0.1, 0.15) is 5.15 Å². The third-order valence-corrected chi connectivity index (χ3v) is 3.90. The quantitative estimate of drug-likeness (QED) is 0.529. The van der Waals surface area contributed by atoms with Crippen LogP contribution in [0.4, 0.5) is 5.69 Å². The van der Waals surface area contributed by atoms with Crippen molar-refractivity contribution in [2.75, 3.05) is 12.1 Å². The second kappa shape index (κ2) is 6.67. The number of benzene rings is 2. The minimum absolute atomic E-state index is 0.555. The van der Waals surface area contributed by atoms with Gasteiger partial charge in [-0.15, -0.1) is 0 Å². The zero-order valence-electron chi connectivity index (χ0n) is 13.0. The van der Waals surface area contributed by atoms with Gasteiger partial charge in [0.15, 0.2) is 0 Å².